The summed E-state index contributed by atoms with van der Waals surface area (Å²) in [5.41, 5.74) is 0. The Kier molecular flexibility index (Phi) is 7.42. The average molecular weight is 268 g/mol. The summed E-state index contributed by atoms with van der Waals surface area (Å²) >= 11 is 0. The van der Waals surface area contributed by atoms with E-state index in [1.165, 1.54) is 38.5 Å². The van der Waals surface area contributed by atoms with Gasteiger partial charge in [0.15, 0.2) is 0 Å². The highest BCUT2D eigenvalue weighted by molar-refractivity contribution is 4.92. The molecule has 1 aliphatic carbocycles. The molecule has 1 fully saturated rings. The Bertz CT molecular complexity index is 238. The van der Waals surface area contributed by atoms with E-state index in [0.717, 1.165) is 29.6 Å². The van der Waals surface area contributed by atoms with E-state index < -0.39 is 0 Å². The third kappa shape index (κ3) is 4.21. The van der Waals surface area contributed by atoms with Crippen LogP contribution in [-0.4, -0.2) is 13.1 Å². The predicted octanol–water partition coefficient (Wildman–Crippen LogP) is 5.11. The number of hydrogen-bond donors (Lipinski definition) is 1. The lowest BCUT2D eigenvalue weighted by Gasteiger charge is -2.48. The van der Waals surface area contributed by atoms with E-state index in [-0.39, 0.29) is 0 Å². The van der Waals surface area contributed by atoms with Gasteiger partial charge in [-0.2, -0.15) is 0 Å². The fourth-order valence-electron chi connectivity index (χ4n) is 4.54. The second-order valence-electron chi connectivity index (χ2n) is 7.08. The van der Waals surface area contributed by atoms with E-state index in [0.29, 0.717) is 6.04 Å². The monoisotopic (exact) mass is 267 g/mol. The van der Waals surface area contributed by atoms with Gasteiger partial charge in [0.05, 0.1) is 0 Å². The van der Waals surface area contributed by atoms with Crippen molar-refractivity contribution in [1.82, 2.24) is 5.32 Å². The van der Waals surface area contributed by atoms with Gasteiger partial charge in [0.1, 0.15) is 0 Å². The van der Waals surface area contributed by atoms with Crippen LogP contribution >= 0.6 is 0 Å². The standard InChI is InChI=1S/C18H37N/c1-7-9-11-17-16(10-8-2)12-13(3)14(4)18(17)15(5)19-6/h13-19H,7-12H2,1-6H3/t13?,14?,15-,16?,17+,18?/m0/s1. The van der Waals surface area contributed by atoms with E-state index >= 15 is 0 Å². The number of hydrogen-bond acceptors (Lipinski definition) is 1. The second kappa shape index (κ2) is 8.29. The molecule has 0 amide bonds. The number of nitrogens with one attached hydrogen (secondary N) is 1. The van der Waals surface area contributed by atoms with Gasteiger partial charge >= 0.3 is 0 Å². The molecule has 0 bridgehead atoms. The Hall–Kier alpha value is -0.0400. The normalized spacial score (nSPS) is 37.3. The summed E-state index contributed by atoms with van der Waals surface area (Å²) < 4.78 is 0. The minimum Gasteiger partial charge on any atom is -0.317 e. The smallest absolute Gasteiger partial charge is 0.00693 e. The van der Waals surface area contributed by atoms with Gasteiger partial charge in [0, 0.05) is 6.04 Å². The topological polar surface area (TPSA) is 12.0 Å². The zero-order valence-electron chi connectivity index (χ0n) is 14.2. The maximum atomic E-state index is 3.55. The summed E-state index contributed by atoms with van der Waals surface area (Å²) in [6.07, 6.45) is 8.48. The third-order valence-corrected chi connectivity index (χ3v) is 5.86. The van der Waals surface area contributed by atoms with Crippen LogP contribution in [0.25, 0.3) is 0 Å². The molecule has 19 heavy (non-hydrogen) atoms. The number of rotatable bonds is 7. The SMILES string of the molecule is CCCC[C@@H]1C(CCC)CC(C)C(C)C1[C@H](C)NC. The Morgan fingerprint density at radius 2 is 1.79 bits per heavy atom. The van der Waals surface area contributed by atoms with Gasteiger partial charge in [-0.15, -0.1) is 0 Å². The molecule has 0 aliphatic heterocycles. The molecule has 6 atom stereocenters. The van der Waals surface area contributed by atoms with E-state index in [2.05, 4.69) is 47.0 Å². The first-order valence-corrected chi connectivity index (χ1v) is 8.73. The zero-order chi connectivity index (χ0) is 14.4. The first kappa shape index (κ1) is 17.0. The summed E-state index contributed by atoms with van der Waals surface area (Å²) in [4.78, 5) is 0. The lowest BCUT2D eigenvalue weighted by Crippen LogP contribution is -2.47. The minimum absolute atomic E-state index is 0.666. The van der Waals surface area contributed by atoms with Crippen molar-refractivity contribution in [3.05, 3.63) is 0 Å². The van der Waals surface area contributed by atoms with Gasteiger partial charge in [-0.05, 0) is 56.4 Å². The summed E-state index contributed by atoms with van der Waals surface area (Å²) in [5, 5.41) is 3.55. The third-order valence-electron chi connectivity index (χ3n) is 5.86. The second-order valence-corrected chi connectivity index (χ2v) is 7.08. The molecule has 1 aliphatic rings. The average Bonchev–Trinajstić information content (AvgIpc) is 2.40. The van der Waals surface area contributed by atoms with Crippen LogP contribution in [0, 0.1) is 29.6 Å². The maximum absolute atomic E-state index is 3.55. The molecule has 0 aromatic heterocycles. The Morgan fingerprint density at radius 3 is 2.32 bits per heavy atom. The molecule has 0 aromatic carbocycles. The van der Waals surface area contributed by atoms with Crippen LogP contribution in [0.15, 0.2) is 0 Å². The van der Waals surface area contributed by atoms with Gasteiger partial charge in [0.25, 0.3) is 0 Å². The van der Waals surface area contributed by atoms with Crippen LogP contribution in [-0.2, 0) is 0 Å². The molecule has 1 heteroatoms. The van der Waals surface area contributed by atoms with Gasteiger partial charge in [0.2, 0.25) is 0 Å². The van der Waals surface area contributed by atoms with Gasteiger partial charge in [-0.3, -0.25) is 0 Å². The van der Waals surface area contributed by atoms with Crippen molar-refractivity contribution in [2.45, 2.75) is 79.2 Å². The van der Waals surface area contributed by atoms with Crippen LogP contribution < -0.4 is 5.32 Å². The van der Waals surface area contributed by atoms with Crippen molar-refractivity contribution >= 4 is 0 Å². The van der Waals surface area contributed by atoms with Gasteiger partial charge in [-0.25, -0.2) is 0 Å². The molecule has 0 aromatic rings. The molecule has 0 spiro atoms. The Labute approximate surface area is 121 Å². The summed E-state index contributed by atoms with van der Waals surface area (Å²) in [6, 6.07) is 0.666. The summed E-state index contributed by atoms with van der Waals surface area (Å²) in [5.74, 6) is 4.57. The molecule has 0 radical (unpaired) electrons. The highest BCUT2D eigenvalue weighted by Crippen LogP contribution is 2.47. The van der Waals surface area contributed by atoms with Gasteiger partial charge in [-0.1, -0.05) is 53.4 Å². The van der Waals surface area contributed by atoms with Crippen molar-refractivity contribution in [3.63, 3.8) is 0 Å². The molecule has 1 nitrogen and oxygen atoms in total. The summed E-state index contributed by atoms with van der Waals surface area (Å²) in [7, 11) is 2.14. The van der Waals surface area contributed by atoms with Crippen LogP contribution in [0.4, 0.5) is 0 Å². The van der Waals surface area contributed by atoms with Crippen LogP contribution in [0.1, 0.15) is 73.1 Å². The van der Waals surface area contributed by atoms with Crippen molar-refractivity contribution in [1.29, 1.82) is 0 Å². The fourth-order valence-corrected chi connectivity index (χ4v) is 4.54. The fraction of sp³-hybridized carbons (Fsp3) is 1.00. The largest absolute Gasteiger partial charge is 0.317 e. The molecule has 4 unspecified atom stereocenters. The highest BCUT2D eigenvalue weighted by atomic mass is 14.9. The van der Waals surface area contributed by atoms with Crippen molar-refractivity contribution in [3.8, 4) is 0 Å². The van der Waals surface area contributed by atoms with E-state index in [9.17, 15) is 0 Å². The zero-order valence-corrected chi connectivity index (χ0v) is 14.2. The lowest BCUT2D eigenvalue weighted by atomic mass is 9.59. The molecular weight excluding hydrogens is 230 g/mol. The molecule has 1 N–H and O–H groups in total. The van der Waals surface area contributed by atoms with Crippen LogP contribution in [0.3, 0.4) is 0 Å². The first-order chi connectivity index (χ1) is 9.06. The van der Waals surface area contributed by atoms with Crippen LogP contribution in [0.2, 0.25) is 0 Å². The Morgan fingerprint density at radius 1 is 1.11 bits per heavy atom. The molecule has 1 saturated carbocycles. The van der Waals surface area contributed by atoms with E-state index in [1.807, 2.05) is 0 Å². The maximum Gasteiger partial charge on any atom is 0.00693 e. The number of unbranched alkanes of at least 4 members (excludes halogenated alkanes) is 1. The van der Waals surface area contributed by atoms with Crippen molar-refractivity contribution < 1.29 is 0 Å². The van der Waals surface area contributed by atoms with Crippen LogP contribution in [0.5, 0.6) is 0 Å². The van der Waals surface area contributed by atoms with Gasteiger partial charge < -0.3 is 5.32 Å². The first-order valence-electron chi connectivity index (χ1n) is 8.73. The lowest BCUT2D eigenvalue weighted by molar-refractivity contribution is 0.0227. The van der Waals surface area contributed by atoms with Crippen molar-refractivity contribution in [2.24, 2.45) is 29.6 Å². The predicted molar refractivity (Wildman–Crippen MR) is 86.4 cm³/mol. The quantitative estimate of drug-likeness (QED) is 0.676. The van der Waals surface area contributed by atoms with Crippen molar-refractivity contribution in [2.75, 3.05) is 7.05 Å². The highest BCUT2D eigenvalue weighted by Gasteiger charge is 2.41. The molecule has 0 saturated heterocycles. The minimum atomic E-state index is 0.666. The summed E-state index contributed by atoms with van der Waals surface area (Å²) in [6.45, 7) is 12.1. The molecule has 1 rings (SSSR count). The molecule has 0 heterocycles. The Balaban J connectivity index is 2.87. The van der Waals surface area contributed by atoms with E-state index in [1.54, 1.807) is 0 Å². The molecule has 114 valence electrons. The van der Waals surface area contributed by atoms with E-state index in [4.69, 9.17) is 0 Å². The molecular formula is C18H37N.